The van der Waals surface area contributed by atoms with Crippen LogP contribution in [0.15, 0.2) is 60.7 Å². The lowest BCUT2D eigenvalue weighted by Gasteiger charge is -2.36. The number of fused-ring (bicyclic) bond motifs is 1. The molecule has 3 aliphatic rings. The van der Waals surface area contributed by atoms with Gasteiger partial charge < -0.3 is 14.5 Å². The zero-order chi connectivity index (χ0) is 36.4. The summed E-state index contributed by atoms with van der Waals surface area (Å²) in [6.07, 6.45) is 0.344. The van der Waals surface area contributed by atoms with Crippen molar-refractivity contribution in [1.29, 1.82) is 5.26 Å². The van der Waals surface area contributed by atoms with Crippen LogP contribution in [-0.2, 0) is 29.3 Å². The predicted molar refractivity (Wildman–Crippen MR) is 152 cm³/mol. The summed E-state index contributed by atoms with van der Waals surface area (Å²) in [5.74, 6) is -2.06. The number of amides is 3. The summed E-state index contributed by atoms with van der Waals surface area (Å²) >= 11 is 0. The maximum absolute atomic E-state index is 15.0. The number of nitriles is 1. The standard InChI is InChI=1S/C32H30FN5O4/c33-26-16-23(17-34)8-9-27(26)37-14-12-36(13-15-37)18-21-4-6-22(7-5-21)20-42-29-3-1-2-24-25(29)19-38(32(24)41)28-10-11-30(39)35-31(28)40/h1-9,16,28H,10-15,18-20H2,(H,35,39,40)/i12D2,13D2,14D2,15D2. The van der Waals surface area contributed by atoms with Gasteiger partial charge in [-0.05, 0) is 47.9 Å². The second kappa shape index (κ2) is 11.6. The van der Waals surface area contributed by atoms with Crippen LogP contribution in [0.1, 0.15) is 56.4 Å². The molecule has 6 rings (SSSR count). The Morgan fingerprint density at radius 3 is 2.50 bits per heavy atom. The van der Waals surface area contributed by atoms with Crippen LogP contribution in [0.2, 0.25) is 0 Å². The Labute approximate surface area is 254 Å². The highest BCUT2D eigenvalue weighted by atomic mass is 19.1. The number of hydrogen-bond acceptors (Lipinski definition) is 7. The lowest BCUT2D eigenvalue weighted by molar-refractivity contribution is -0.136. The smallest absolute Gasteiger partial charge is 0.255 e. The van der Waals surface area contributed by atoms with E-state index in [0.717, 1.165) is 18.2 Å². The molecule has 1 atom stereocenters. The third kappa shape index (κ3) is 5.56. The fourth-order valence-electron chi connectivity index (χ4n) is 5.01. The Morgan fingerprint density at radius 1 is 1.02 bits per heavy atom. The maximum Gasteiger partial charge on any atom is 0.255 e. The average molecular weight is 576 g/mol. The minimum atomic E-state index is -3.30. The van der Waals surface area contributed by atoms with Gasteiger partial charge in [-0.25, -0.2) is 4.39 Å². The Balaban J connectivity index is 1.18. The highest BCUT2D eigenvalue weighted by Crippen LogP contribution is 2.34. The zero-order valence-corrected chi connectivity index (χ0v) is 22.2. The first-order valence-corrected chi connectivity index (χ1v) is 13.2. The normalized spacial score (nSPS) is 26.6. The van der Waals surface area contributed by atoms with Crippen LogP contribution in [0.3, 0.4) is 0 Å². The summed E-state index contributed by atoms with van der Waals surface area (Å²) in [5, 5.41) is 11.3. The number of imide groups is 1. The number of rotatable bonds is 7. The Morgan fingerprint density at radius 2 is 1.79 bits per heavy atom. The number of nitrogens with zero attached hydrogens (tertiary/aromatic N) is 4. The molecular formula is C32H30FN5O4. The van der Waals surface area contributed by atoms with E-state index in [2.05, 4.69) is 5.32 Å². The summed E-state index contributed by atoms with van der Waals surface area (Å²) in [6.45, 7) is -13.4. The number of hydrogen-bond donors (Lipinski definition) is 1. The van der Waals surface area contributed by atoms with E-state index in [4.69, 9.17) is 21.0 Å². The molecule has 0 radical (unpaired) electrons. The zero-order valence-electron chi connectivity index (χ0n) is 30.2. The lowest BCUT2D eigenvalue weighted by atomic mass is 10.0. The molecule has 1 N–H and O–H groups in total. The highest BCUT2D eigenvalue weighted by Gasteiger charge is 2.40. The maximum atomic E-state index is 15.0. The quantitative estimate of drug-likeness (QED) is 0.431. The van der Waals surface area contributed by atoms with E-state index in [9.17, 15) is 14.4 Å². The summed E-state index contributed by atoms with van der Waals surface area (Å²) < 4.78 is 90.3. The molecule has 0 saturated carbocycles. The van der Waals surface area contributed by atoms with Gasteiger partial charge in [-0.15, -0.1) is 0 Å². The summed E-state index contributed by atoms with van der Waals surface area (Å²) in [4.78, 5) is 39.1. The number of carbonyl (C=O) groups excluding carboxylic acids is 3. The first-order chi connectivity index (χ1) is 23.4. The molecule has 9 nitrogen and oxygen atoms in total. The first kappa shape index (κ1) is 19.4. The van der Waals surface area contributed by atoms with Gasteiger partial charge in [0.2, 0.25) is 11.8 Å². The van der Waals surface area contributed by atoms with Crippen molar-refractivity contribution < 1.29 is 34.5 Å². The second-order valence-electron chi connectivity index (χ2n) is 9.93. The van der Waals surface area contributed by atoms with Crippen molar-refractivity contribution in [2.24, 2.45) is 0 Å². The van der Waals surface area contributed by atoms with Crippen LogP contribution in [0, 0.1) is 17.1 Å². The average Bonchev–Trinajstić information content (AvgIpc) is 3.39. The molecule has 0 aromatic heterocycles. The highest BCUT2D eigenvalue weighted by molar-refractivity contribution is 6.05. The number of benzene rings is 3. The fraction of sp³-hybridized carbons (Fsp3) is 0.312. The molecule has 3 amide bonds. The first-order valence-electron chi connectivity index (χ1n) is 17.2. The molecule has 10 heteroatoms. The van der Waals surface area contributed by atoms with Gasteiger partial charge in [0, 0.05) is 55.6 Å². The third-order valence-corrected chi connectivity index (χ3v) is 7.21. The van der Waals surface area contributed by atoms with Gasteiger partial charge in [-0.1, -0.05) is 30.3 Å². The minimum Gasteiger partial charge on any atom is -0.489 e. The second-order valence-corrected chi connectivity index (χ2v) is 9.93. The van der Waals surface area contributed by atoms with E-state index in [0.29, 0.717) is 32.9 Å². The minimum absolute atomic E-state index is 0.0327. The molecule has 0 aliphatic carbocycles. The number of halogens is 1. The Bertz CT molecular complexity index is 1910. The molecule has 2 fully saturated rings. The van der Waals surface area contributed by atoms with Gasteiger partial charge in [0.05, 0.1) is 29.3 Å². The van der Waals surface area contributed by atoms with Crippen LogP contribution < -0.4 is 15.0 Å². The molecular weight excluding hydrogens is 537 g/mol. The Kier molecular flexibility index (Phi) is 5.36. The van der Waals surface area contributed by atoms with Gasteiger partial charge in [0.15, 0.2) is 0 Å². The van der Waals surface area contributed by atoms with E-state index >= 15 is 4.39 Å². The number of nitrogens with one attached hydrogen (secondary N) is 1. The Hall–Kier alpha value is -4.75. The van der Waals surface area contributed by atoms with Crippen molar-refractivity contribution >= 4 is 23.4 Å². The molecule has 0 bridgehead atoms. The van der Waals surface area contributed by atoms with E-state index in [-0.39, 0.29) is 48.3 Å². The van der Waals surface area contributed by atoms with E-state index in [1.807, 2.05) is 0 Å². The van der Waals surface area contributed by atoms with Crippen molar-refractivity contribution in [3.8, 4) is 11.8 Å². The molecule has 3 aromatic rings. The fourth-order valence-corrected chi connectivity index (χ4v) is 5.01. The van der Waals surface area contributed by atoms with Gasteiger partial charge in [0.25, 0.3) is 5.91 Å². The topological polar surface area (TPSA) is 106 Å². The molecule has 3 heterocycles. The van der Waals surface area contributed by atoms with Crippen molar-refractivity contribution in [1.82, 2.24) is 15.1 Å². The van der Waals surface area contributed by atoms with Crippen molar-refractivity contribution in [3.63, 3.8) is 0 Å². The molecule has 2 saturated heterocycles. The van der Waals surface area contributed by atoms with Gasteiger partial charge >= 0.3 is 0 Å². The van der Waals surface area contributed by atoms with Crippen LogP contribution >= 0.6 is 0 Å². The number of piperidine rings is 1. The van der Waals surface area contributed by atoms with E-state index in [1.165, 1.54) is 17.0 Å². The summed E-state index contributed by atoms with van der Waals surface area (Å²) in [7, 11) is 0. The molecule has 3 aliphatic heterocycles. The van der Waals surface area contributed by atoms with Gasteiger partial charge in [-0.3, -0.25) is 24.6 Å². The molecule has 42 heavy (non-hydrogen) atoms. The predicted octanol–water partition coefficient (Wildman–Crippen LogP) is 3.36. The van der Waals surface area contributed by atoms with Crippen LogP contribution in [-0.4, -0.2) is 59.6 Å². The number of piperazine rings is 1. The molecule has 0 spiro atoms. The van der Waals surface area contributed by atoms with Crippen molar-refractivity contribution in [2.45, 2.75) is 38.6 Å². The molecule has 214 valence electrons. The SMILES string of the molecule is [2H]C1([2H])N(Cc2ccc(COc3cccc4c3CN(C3CCC(=O)NC3=O)C4=O)cc2)C([2H])([2H])C([2H])([2H])N(c2ccc(C#N)cc2F)C1([2H])[2H]. The van der Waals surface area contributed by atoms with Crippen molar-refractivity contribution in [3.05, 3.63) is 94.3 Å². The van der Waals surface area contributed by atoms with Crippen LogP contribution in [0.25, 0.3) is 0 Å². The van der Waals surface area contributed by atoms with Crippen molar-refractivity contribution in [2.75, 3.05) is 30.9 Å². The van der Waals surface area contributed by atoms with Crippen LogP contribution in [0.4, 0.5) is 10.1 Å². The largest absolute Gasteiger partial charge is 0.489 e. The lowest BCUT2D eigenvalue weighted by Crippen LogP contribution is -2.52. The third-order valence-electron chi connectivity index (χ3n) is 7.21. The monoisotopic (exact) mass is 575 g/mol. The number of carbonyl (C=O) groups is 3. The number of anilines is 1. The summed E-state index contributed by atoms with van der Waals surface area (Å²) in [6, 6.07) is 15.0. The van der Waals surface area contributed by atoms with Gasteiger partial charge in [-0.2, -0.15) is 5.26 Å². The summed E-state index contributed by atoms with van der Waals surface area (Å²) in [5.41, 5.74) is 1.05. The molecule has 1 unspecified atom stereocenters. The van der Waals surface area contributed by atoms with E-state index < -0.39 is 56.0 Å². The number of ether oxygens (including phenoxy) is 1. The van der Waals surface area contributed by atoms with E-state index in [1.54, 1.807) is 36.4 Å². The van der Waals surface area contributed by atoms with Gasteiger partial charge in [0.1, 0.15) is 24.2 Å². The van der Waals surface area contributed by atoms with Crippen LogP contribution in [0.5, 0.6) is 5.75 Å². The molecule has 3 aromatic carbocycles.